The zero-order valence-electron chi connectivity index (χ0n) is 12.7. The Balaban J connectivity index is 3.01. The average Bonchev–Trinajstić information content (AvgIpc) is 2.37. The van der Waals surface area contributed by atoms with Crippen LogP contribution in [-0.2, 0) is 19.6 Å². The van der Waals surface area contributed by atoms with Crippen LogP contribution < -0.4 is 9.92 Å². The summed E-state index contributed by atoms with van der Waals surface area (Å²) >= 11 is 0. The summed E-state index contributed by atoms with van der Waals surface area (Å²) in [5.74, 6) is -1.38. The second-order valence-corrected chi connectivity index (χ2v) is 7.14. The van der Waals surface area contributed by atoms with Crippen LogP contribution in [0.4, 0.5) is 4.39 Å². The molecule has 8 heteroatoms. The Kier molecular flexibility index (Phi) is 5.90. The lowest BCUT2D eigenvalue weighted by molar-refractivity contribution is -0.156. The third-order valence-corrected chi connectivity index (χ3v) is 3.26. The smallest absolute Gasteiger partial charge is 0.339 e. The number of carbonyl (C=O) groups excluding carboxylic acids is 1. The van der Waals surface area contributed by atoms with Gasteiger partial charge in [0, 0.05) is 6.54 Å². The lowest BCUT2D eigenvalue weighted by atomic mass is 9.99. The van der Waals surface area contributed by atoms with Crippen molar-refractivity contribution in [2.45, 2.75) is 32.3 Å². The molecule has 0 aliphatic carbocycles. The Bertz CT molecular complexity index is 624. The van der Waals surface area contributed by atoms with Gasteiger partial charge in [0.25, 0.3) is 0 Å². The van der Waals surface area contributed by atoms with Crippen molar-refractivity contribution >= 4 is 16.1 Å². The Labute approximate surface area is 129 Å². The van der Waals surface area contributed by atoms with Gasteiger partial charge in [-0.15, -0.1) is 0 Å². The van der Waals surface area contributed by atoms with E-state index in [2.05, 4.69) is 4.18 Å². The van der Waals surface area contributed by atoms with Crippen molar-refractivity contribution < 1.29 is 26.5 Å². The summed E-state index contributed by atoms with van der Waals surface area (Å²) in [4.78, 5) is 12.1. The molecule has 0 fully saturated rings. The van der Waals surface area contributed by atoms with Crippen LogP contribution in [0.3, 0.4) is 0 Å². The Morgan fingerprint density at radius 1 is 1.36 bits per heavy atom. The number of nitrogens with two attached hydrogens (primary N) is 1. The van der Waals surface area contributed by atoms with Crippen molar-refractivity contribution in [1.82, 2.24) is 0 Å². The molecule has 22 heavy (non-hydrogen) atoms. The monoisotopic (exact) mass is 333 g/mol. The van der Waals surface area contributed by atoms with Crippen LogP contribution in [0.2, 0.25) is 0 Å². The van der Waals surface area contributed by atoms with Crippen LogP contribution in [-0.4, -0.2) is 32.5 Å². The van der Waals surface area contributed by atoms with E-state index in [1.165, 1.54) is 18.2 Å². The molecule has 6 nitrogen and oxygen atoms in total. The molecule has 0 unspecified atom stereocenters. The minimum absolute atomic E-state index is 0.0196. The number of hydrogen-bond donors (Lipinski definition) is 1. The van der Waals surface area contributed by atoms with Crippen molar-refractivity contribution in [2.75, 3.05) is 12.6 Å². The van der Waals surface area contributed by atoms with Gasteiger partial charge in [-0.3, -0.25) is 4.79 Å². The number of halogens is 1. The number of benzene rings is 1. The highest BCUT2D eigenvalue weighted by Gasteiger charge is 2.26. The maximum atomic E-state index is 12.3. The van der Waals surface area contributed by atoms with Gasteiger partial charge in [0.1, 0.15) is 11.4 Å². The summed E-state index contributed by atoms with van der Waals surface area (Å²) in [5, 5.41) is 0. The van der Waals surface area contributed by atoms with Gasteiger partial charge in [0.2, 0.25) is 6.01 Å². The minimum Gasteiger partial charge on any atom is -0.459 e. The summed E-state index contributed by atoms with van der Waals surface area (Å²) in [6.45, 7) is 5.16. The van der Waals surface area contributed by atoms with Crippen LogP contribution in [0.5, 0.6) is 5.75 Å². The van der Waals surface area contributed by atoms with E-state index in [1.54, 1.807) is 26.8 Å². The summed E-state index contributed by atoms with van der Waals surface area (Å²) in [6.07, 6.45) is 0. The number of carbonyl (C=O) groups is 1. The Hall–Kier alpha value is -1.67. The molecule has 0 heterocycles. The molecule has 0 aromatic heterocycles. The average molecular weight is 333 g/mol. The fourth-order valence-electron chi connectivity index (χ4n) is 1.69. The Morgan fingerprint density at radius 3 is 2.50 bits per heavy atom. The fourth-order valence-corrected chi connectivity index (χ4v) is 2.13. The largest absolute Gasteiger partial charge is 0.459 e. The third kappa shape index (κ3) is 5.61. The lowest BCUT2D eigenvalue weighted by Crippen LogP contribution is -2.31. The maximum Gasteiger partial charge on any atom is 0.339 e. The van der Waals surface area contributed by atoms with Gasteiger partial charge in [0.05, 0.1) is 5.92 Å². The second-order valence-electron chi connectivity index (χ2n) is 5.64. The van der Waals surface area contributed by atoms with E-state index >= 15 is 0 Å². The molecule has 0 amide bonds. The molecule has 1 rings (SSSR count). The van der Waals surface area contributed by atoms with Crippen molar-refractivity contribution in [3.05, 3.63) is 29.8 Å². The van der Waals surface area contributed by atoms with Crippen molar-refractivity contribution in [3.63, 3.8) is 0 Å². The van der Waals surface area contributed by atoms with Crippen LogP contribution in [0.1, 0.15) is 32.3 Å². The second kappa shape index (κ2) is 7.06. The van der Waals surface area contributed by atoms with E-state index in [4.69, 9.17) is 10.5 Å². The molecule has 124 valence electrons. The highest BCUT2D eigenvalue weighted by Crippen LogP contribution is 2.24. The van der Waals surface area contributed by atoms with Gasteiger partial charge in [-0.1, -0.05) is 12.1 Å². The minimum atomic E-state index is -4.28. The van der Waals surface area contributed by atoms with Crippen LogP contribution in [0.25, 0.3) is 0 Å². The molecule has 0 saturated carbocycles. The van der Waals surface area contributed by atoms with Crippen molar-refractivity contribution in [1.29, 1.82) is 0 Å². The first kappa shape index (κ1) is 18.4. The zero-order chi connectivity index (χ0) is 17.0. The quantitative estimate of drug-likeness (QED) is 0.629. The molecule has 1 atom stereocenters. The number of hydrogen-bond acceptors (Lipinski definition) is 6. The fraction of sp³-hybridized carbons (Fsp3) is 0.500. The van der Waals surface area contributed by atoms with Crippen molar-refractivity contribution in [3.8, 4) is 5.75 Å². The van der Waals surface area contributed by atoms with Gasteiger partial charge in [-0.05, 0) is 38.5 Å². The predicted molar refractivity (Wildman–Crippen MR) is 79.6 cm³/mol. The molecule has 0 aliphatic heterocycles. The van der Waals surface area contributed by atoms with E-state index < -0.39 is 33.6 Å². The highest BCUT2D eigenvalue weighted by atomic mass is 32.2. The highest BCUT2D eigenvalue weighted by molar-refractivity contribution is 7.86. The molecule has 0 radical (unpaired) electrons. The standard InChI is InChI=1S/C14H20FNO5S/c1-14(2,3)20-13(17)12(8-16)10-5-4-6-11(7-10)21-22(18,19)9-15/h4-7,12H,8-9,16H2,1-3H3/t12-/m0/s1. The van der Waals surface area contributed by atoms with Crippen molar-refractivity contribution in [2.24, 2.45) is 5.73 Å². The van der Waals surface area contributed by atoms with Gasteiger partial charge in [-0.25, -0.2) is 4.39 Å². The van der Waals surface area contributed by atoms with E-state index in [0.717, 1.165) is 0 Å². The molecule has 1 aromatic carbocycles. The number of rotatable bonds is 6. The summed E-state index contributed by atoms with van der Waals surface area (Å²) in [6, 6.07) is 4.12. The van der Waals surface area contributed by atoms with Gasteiger partial charge >= 0.3 is 16.1 Å². The first-order valence-corrected chi connectivity index (χ1v) is 8.16. The SMILES string of the molecule is CC(C)(C)OC(=O)[C@@H](CN)c1cccc(OS(=O)(=O)CF)c1. The predicted octanol–water partition coefficient (Wildman–Crippen LogP) is 1.71. The molecule has 0 aliphatic rings. The first-order valence-electron chi connectivity index (χ1n) is 6.59. The van der Waals surface area contributed by atoms with Crippen LogP contribution >= 0.6 is 0 Å². The van der Waals surface area contributed by atoms with E-state index in [-0.39, 0.29) is 12.3 Å². The Morgan fingerprint density at radius 2 is 2.00 bits per heavy atom. The first-order chi connectivity index (χ1) is 10.1. The summed E-state index contributed by atoms with van der Waals surface area (Å²) in [5.41, 5.74) is 5.37. The zero-order valence-corrected chi connectivity index (χ0v) is 13.5. The van der Waals surface area contributed by atoms with E-state index in [0.29, 0.717) is 5.56 Å². The molecule has 0 bridgehead atoms. The molecule has 0 spiro atoms. The number of ether oxygens (including phenoxy) is 1. The molecular formula is C14H20FNO5S. The normalized spacial score (nSPS) is 13.5. The van der Waals surface area contributed by atoms with Gasteiger partial charge in [-0.2, -0.15) is 8.42 Å². The summed E-state index contributed by atoms with van der Waals surface area (Å²) < 4.78 is 44.4. The van der Waals surface area contributed by atoms with Gasteiger partial charge in [0.15, 0.2) is 0 Å². The number of esters is 1. The van der Waals surface area contributed by atoms with E-state index in [1.807, 2.05) is 0 Å². The third-order valence-electron chi connectivity index (χ3n) is 2.54. The maximum absolute atomic E-state index is 12.3. The van der Waals surface area contributed by atoms with E-state index in [9.17, 15) is 17.6 Å². The lowest BCUT2D eigenvalue weighted by Gasteiger charge is -2.23. The molecule has 1 aromatic rings. The van der Waals surface area contributed by atoms with Gasteiger partial charge < -0.3 is 14.7 Å². The molecular weight excluding hydrogens is 313 g/mol. The molecule has 2 N–H and O–H groups in total. The summed E-state index contributed by atoms with van der Waals surface area (Å²) in [7, 11) is -4.28. The number of alkyl halides is 1. The van der Waals surface area contributed by atoms with Crippen LogP contribution in [0, 0.1) is 0 Å². The topological polar surface area (TPSA) is 95.7 Å². The van der Waals surface area contributed by atoms with Crippen LogP contribution in [0.15, 0.2) is 24.3 Å². The molecule has 0 saturated heterocycles.